The minimum absolute atomic E-state index is 0.118. The molecule has 0 saturated carbocycles. The minimum Gasteiger partial charge on any atom is -0.504 e. The number of phenolic OH excluding ortho intramolecular Hbond substituents is 1. The van der Waals surface area contributed by atoms with Gasteiger partial charge in [-0.25, -0.2) is 0 Å². The largest absolute Gasteiger partial charge is 0.504 e. The van der Waals surface area contributed by atoms with Crippen LogP contribution in [0.25, 0.3) is 0 Å². The Morgan fingerprint density at radius 1 is 1.25 bits per heavy atom. The third kappa shape index (κ3) is 1.07. The monoisotopic (exact) mass is 157 g/mol. The van der Waals surface area contributed by atoms with Gasteiger partial charge in [0, 0.05) is 5.56 Å². The van der Waals surface area contributed by atoms with Crippen molar-refractivity contribution in [2.24, 2.45) is 0 Å². The molecule has 2 heteroatoms. The van der Waals surface area contributed by atoms with Gasteiger partial charge in [-0.15, -0.1) is 12.8 Å². The number of nitrogens with two attached hydrogens (primary N) is 1. The molecule has 0 aliphatic heterocycles. The molecule has 2 nitrogen and oxygen atoms in total. The smallest absolute Gasteiger partial charge is 0.155 e. The molecule has 3 N–H and O–H groups in total. The van der Waals surface area contributed by atoms with E-state index in [0.717, 1.165) is 0 Å². The summed E-state index contributed by atoms with van der Waals surface area (Å²) >= 11 is 0. The van der Waals surface area contributed by atoms with Gasteiger partial charge in [0.05, 0.1) is 11.3 Å². The maximum absolute atomic E-state index is 9.35. The van der Waals surface area contributed by atoms with Crippen LogP contribution in [-0.4, -0.2) is 5.11 Å². The first-order chi connectivity index (χ1) is 5.70. The second-order valence-corrected chi connectivity index (χ2v) is 2.21. The number of anilines is 1. The molecule has 0 amide bonds. The second-order valence-electron chi connectivity index (χ2n) is 2.21. The first kappa shape index (κ1) is 8.04. The quantitative estimate of drug-likeness (QED) is 0.334. The van der Waals surface area contributed by atoms with Crippen molar-refractivity contribution in [1.82, 2.24) is 0 Å². The number of rotatable bonds is 0. The van der Waals surface area contributed by atoms with E-state index in [1.165, 1.54) is 6.07 Å². The van der Waals surface area contributed by atoms with Gasteiger partial charge in [0.2, 0.25) is 0 Å². The van der Waals surface area contributed by atoms with Crippen LogP contribution < -0.4 is 5.73 Å². The number of hydrogen-bond donors (Lipinski definition) is 2. The van der Waals surface area contributed by atoms with Crippen molar-refractivity contribution in [3.63, 3.8) is 0 Å². The number of benzene rings is 1. The molecule has 0 fully saturated rings. The standard InChI is InChI=1S/C10H7NO/c1-3-7-5-6-9(11)10(12)8(7)4-2/h1-2,5-6,12H,11H2. The molecule has 0 radical (unpaired) electrons. The summed E-state index contributed by atoms with van der Waals surface area (Å²) in [6.45, 7) is 0. The Bertz CT molecular complexity index is 394. The maximum atomic E-state index is 9.35. The van der Waals surface area contributed by atoms with E-state index in [2.05, 4.69) is 11.8 Å². The molecule has 0 heterocycles. The Morgan fingerprint density at radius 3 is 2.42 bits per heavy atom. The van der Waals surface area contributed by atoms with Crippen LogP contribution in [0.2, 0.25) is 0 Å². The molecule has 0 unspecified atom stereocenters. The molecule has 0 atom stereocenters. The Labute approximate surface area is 71.0 Å². The van der Waals surface area contributed by atoms with Crippen LogP contribution in [0.5, 0.6) is 5.75 Å². The lowest BCUT2D eigenvalue weighted by atomic mass is 10.1. The van der Waals surface area contributed by atoms with Crippen molar-refractivity contribution in [2.75, 3.05) is 5.73 Å². The van der Waals surface area contributed by atoms with E-state index < -0.39 is 0 Å². The van der Waals surface area contributed by atoms with Gasteiger partial charge in [0.25, 0.3) is 0 Å². The summed E-state index contributed by atoms with van der Waals surface area (Å²) in [6, 6.07) is 3.12. The maximum Gasteiger partial charge on any atom is 0.155 e. The van der Waals surface area contributed by atoms with Crippen molar-refractivity contribution in [3.05, 3.63) is 23.3 Å². The molecule has 12 heavy (non-hydrogen) atoms. The predicted molar refractivity (Wildman–Crippen MR) is 48.4 cm³/mol. The highest BCUT2D eigenvalue weighted by atomic mass is 16.3. The summed E-state index contributed by atoms with van der Waals surface area (Å²) in [4.78, 5) is 0. The number of terminal acetylenes is 2. The lowest BCUT2D eigenvalue weighted by Gasteiger charge is -2.02. The number of nitrogen functional groups attached to an aromatic ring is 1. The average Bonchev–Trinajstić information content (AvgIpc) is 2.09. The van der Waals surface area contributed by atoms with Gasteiger partial charge in [-0.2, -0.15) is 0 Å². The van der Waals surface area contributed by atoms with Crippen molar-refractivity contribution in [3.8, 4) is 30.4 Å². The van der Waals surface area contributed by atoms with E-state index in [-0.39, 0.29) is 17.0 Å². The molecule has 0 spiro atoms. The first-order valence-corrected chi connectivity index (χ1v) is 3.25. The van der Waals surface area contributed by atoms with E-state index in [1.54, 1.807) is 6.07 Å². The highest BCUT2D eigenvalue weighted by Gasteiger charge is 2.06. The molecular weight excluding hydrogens is 150 g/mol. The molecule has 1 aromatic carbocycles. The molecule has 0 saturated heterocycles. The van der Waals surface area contributed by atoms with Crippen LogP contribution in [-0.2, 0) is 0 Å². The number of hydrogen-bond acceptors (Lipinski definition) is 2. The SMILES string of the molecule is C#Cc1ccc(N)c(O)c1C#C. The van der Waals surface area contributed by atoms with Gasteiger partial charge in [-0.05, 0) is 12.1 Å². The van der Waals surface area contributed by atoms with E-state index in [4.69, 9.17) is 18.6 Å². The Hall–Kier alpha value is -2.06. The molecule has 0 aliphatic carbocycles. The average molecular weight is 157 g/mol. The molecule has 0 bridgehead atoms. The molecular formula is C10H7NO. The first-order valence-electron chi connectivity index (χ1n) is 3.25. The molecule has 0 aromatic heterocycles. The van der Waals surface area contributed by atoms with E-state index >= 15 is 0 Å². The van der Waals surface area contributed by atoms with Crippen molar-refractivity contribution in [1.29, 1.82) is 0 Å². The van der Waals surface area contributed by atoms with E-state index in [0.29, 0.717) is 5.56 Å². The zero-order valence-electron chi connectivity index (χ0n) is 6.33. The van der Waals surface area contributed by atoms with Gasteiger partial charge in [-0.3, -0.25) is 0 Å². The summed E-state index contributed by atoms with van der Waals surface area (Å²) in [6.07, 6.45) is 10.3. The van der Waals surface area contributed by atoms with Crippen LogP contribution in [0.4, 0.5) is 5.69 Å². The minimum atomic E-state index is -0.118. The van der Waals surface area contributed by atoms with Crippen LogP contribution in [0.1, 0.15) is 11.1 Å². The third-order valence-electron chi connectivity index (χ3n) is 1.51. The van der Waals surface area contributed by atoms with Gasteiger partial charge >= 0.3 is 0 Å². The van der Waals surface area contributed by atoms with Crippen molar-refractivity contribution in [2.45, 2.75) is 0 Å². The topological polar surface area (TPSA) is 46.2 Å². The molecule has 0 aliphatic rings. The van der Waals surface area contributed by atoms with Crippen molar-refractivity contribution >= 4 is 5.69 Å². The summed E-state index contributed by atoms with van der Waals surface area (Å²) in [5, 5.41) is 9.35. The summed E-state index contributed by atoms with van der Waals surface area (Å²) < 4.78 is 0. The summed E-state index contributed by atoms with van der Waals surface area (Å²) in [5.74, 6) is 4.52. The highest BCUT2D eigenvalue weighted by Crippen LogP contribution is 2.26. The normalized spacial score (nSPS) is 8.50. The molecule has 58 valence electrons. The lowest BCUT2D eigenvalue weighted by Crippen LogP contribution is -1.91. The highest BCUT2D eigenvalue weighted by molar-refractivity contribution is 5.66. The summed E-state index contributed by atoms with van der Waals surface area (Å²) in [5.41, 5.74) is 6.40. The van der Waals surface area contributed by atoms with Crippen LogP contribution in [0.3, 0.4) is 0 Å². The van der Waals surface area contributed by atoms with Crippen LogP contribution >= 0.6 is 0 Å². The summed E-state index contributed by atoms with van der Waals surface area (Å²) in [7, 11) is 0. The predicted octanol–water partition coefficient (Wildman–Crippen LogP) is 0.937. The third-order valence-corrected chi connectivity index (χ3v) is 1.51. The van der Waals surface area contributed by atoms with Gasteiger partial charge in [-0.1, -0.05) is 11.8 Å². The van der Waals surface area contributed by atoms with Crippen LogP contribution in [0, 0.1) is 24.7 Å². The number of phenols is 1. The van der Waals surface area contributed by atoms with Gasteiger partial charge < -0.3 is 10.8 Å². The fourth-order valence-corrected chi connectivity index (χ4v) is 0.874. The molecule has 1 aromatic rings. The Balaban J connectivity index is 3.52. The zero-order chi connectivity index (χ0) is 9.14. The molecule has 1 rings (SSSR count). The fourth-order valence-electron chi connectivity index (χ4n) is 0.874. The Morgan fingerprint density at radius 2 is 1.92 bits per heavy atom. The van der Waals surface area contributed by atoms with E-state index in [9.17, 15) is 5.11 Å². The lowest BCUT2D eigenvalue weighted by molar-refractivity contribution is 0.476. The zero-order valence-corrected chi connectivity index (χ0v) is 6.33. The van der Waals surface area contributed by atoms with Crippen LogP contribution in [0.15, 0.2) is 12.1 Å². The van der Waals surface area contributed by atoms with Gasteiger partial charge in [0.15, 0.2) is 5.75 Å². The van der Waals surface area contributed by atoms with Gasteiger partial charge in [0.1, 0.15) is 0 Å². The van der Waals surface area contributed by atoms with E-state index in [1.807, 2.05) is 0 Å². The Kier molecular flexibility index (Phi) is 1.94. The number of aromatic hydroxyl groups is 1. The fraction of sp³-hybridized carbons (Fsp3) is 0. The van der Waals surface area contributed by atoms with Crippen molar-refractivity contribution < 1.29 is 5.11 Å². The second kappa shape index (κ2) is 2.90.